The summed E-state index contributed by atoms with van der Waals surface area (Å²) in [5, 5.41) is 0. The summed E-state index contributed by atoms with van der Waals surface area (Å²) in [7, 11) is 1.64. The molecule has 2 atom stereocenters. The number of rotatable bonds is 7. The van der Waals surface area contributed by atoms with E-state index in [0.717, 1.165) is 23.6 Å². The molecule has 3 aromatic rings. The van der Waals surface area contributed by atoms with Crippen molar-refractivity contribution < 1.29 is 22.7 Å². The highest BCUT2D eigenvalue weighted by molar-refractivity contribution is 5.79. The fraction of sp³-hybridized carbons (Fsp3) is 0.321. The average molecular weight is 468 g/mol. The van der Waals surface area contributed by atoms with E-state index >= 15 is 0 Å². The van der Waals surface area contributed by atoms with Crippen LogP contribution in [0.2, 0.25) is 0 Å². The number of amides is 1. The lowest BCUT2D eigenvalue weighted by atomic mass is 9.70. The number of carbonyl (C=O) groups excluding carboxylic acids is 1. The summed E-state index contributed by atoms with van der Waals surface area (Å²) in [6.07, 6.45) is 1.75. The summed E-state index contributed by atoms with van der Waals surface area (Å²) < 4.78 is 46.2. The van der Waals surface area contributed by atoms with Crippen LogP contribution in [-0.2, 0) is 14.9 Å². The SMILES string of the molecule is COCC[C@@]1(c2ccc(F)cc2)CCN([C@H](C)c2ccc(-c3ccc(F)cc3F)cc2)C(=O)C1. The van der Waals surface area contributed by atoms with Gasteiger partial charge in [0.25, 0.3) is 0 Å². The van der Waals surface area contributed by atoms with Gasteiger partial charge in [0, 0.05) is 43.7 Å². The molecule has 4 rings (SSSR count). The van der Waals surface area contributed by atoms with Crippen LogP contribution >= 0.6 is 0 Å². The second-order valence-electron chi connectivity index (χ2n) is 8.97. The van der Waals surface area contributed by atoms with Gasteiger partial charge in [-0.15, -0.1) is 0 Å². The number of benzene rings is 3. The molecule has 0 N–H and O–H groups in total. The van der Waals surface area contributed by atoms with Crippen molar-refractivity contribution in [2.45, 2.75) is 37.6 Å². The van der Waals surface area contributed by atoms with Crippen LogP contribution < -0.4 is 0 Å². The highest BCUT2D eigenvalue weighted by atomic mass is 19.1. The van der Waals surface area contributed by atoms with Crippen LogP contribution in [0.5, 0.6) is 0 Å². The number of carbonyl (C=O) groups is 1. The lowest BCUT2D eigenvalue weighted by molar-refractivity contribution is -0.138. The Labute approximate surface area is 198 Å². The van der Waals surface area contributed by atoms with Crippen molar-refractivity contribution >= 4 is 5.91 Å². The first kappa shape index (κ1) is 24.0. The molecule has 1 aliphatic rings. The van der Waals surface area contributed by atoms with E-state index in [9.17, 15) is 18.0 Å². The molecule has 0 aliphatic carbocycles. The van der Waals surface area contributed by atoms with Crippen molar-refractivity contribution in [1.82, 2.24) is 4.90 Å². The van der Waals surface area contributed by atoms with E-state index in [1.54, 1.807) is 31.4 Å². The quantitative estimate of drug-likeness (QED) is 0.401. The maximum absolute atomic E-state index is 14.1. The first-order valence-electron chi connectivity index (χ1n) is 11.4. The minimum atomic E-state index is -0.614. The lowest BCUT2D eigenvalue weighted by Crippen LogP contribution is -2.47. The molecule has 1 heterocycles. The predicted octanol–water partition coefficient (Wildman–Crippen LogP) is 6.43. The molecule has 6 heteroatoms. The third-order valence-electron chi connectivity index (χ3n) is 6.99. The Morgan fingerprint density at radius 2 is 1.65 bits per heavy atom. The summed E-state index contributed by atoms with van der Waals surface area (Å²) in [5.41, 5.74) is 2.48. The minimum absolute atomic E-state index is 0.0350. The van der Waals surface area contributed by atoms with Crippen LogP contribution in [0.4, 0.5) is 13.2 Å². The largest absolute Gasteiger partial charge is 0.385 e. The normalized spacial score (nSPS) is 19.3. The molecule has 0 spiro atoms. The van der Waals surface area contributed by atoms with Gasteiger partial charge in [0.15, 0.2) is 0 Å². The summed E-state index contributed by atoms with van der Waals surface area (Å²) in [6.45, 7) is 3.06. The van der Waals surface area contributed by atoms with Crippen molar-refractivity contribution in [3.05, 3.63) is 95.3 Å². The highest BCUT2D eigenvalue weighted by Crippen LogP contribution is 2.41. The number of piperidine rings is 1. The molecule has 3 aromatic carbocycles. The van der Waals surface area contributed by atoms with Crippen LogP contribution in [0, 0.1) is 17.5 Å². The number of hydrogen-bond donors (Lipinski definition) is 0. The zero-order chi connectivity index (χ0) is 24.3. The molecule has 3 nitrogen and oxygen atoms in total. The van der Waals surface area contributed by atoms with Crippen molar-refractivity contribution in [2.24, 2.45) is 0 Å². The fourth-order valence-electron chi connectivity index (χ4n) is 4.90. The molecule has 1 fully saturated rings. The Kier molecular flexibility index (Phi) is 7.08. The summed E-state index contributed by atoms with van der Waals surface area (Å²) in [4.78, 5) is 15.2. The van der Waals surface area contributed by atoms with Crippen molar-refractivity contribution in [3.8, 4) is 11.1 Å². The van der Waals surface area contributed by atoms with Gasteiger partial charge in [-0.05, 0) is 60.7 Å². The Bertz CT molecular complexity index is 1150. The molecule has 0 unspecified atom stereocenters. The van der Waals surface area contributed by atoms with Gasteiger partial charge >= 0.3 is 0 Å². The maximum atomic E-state index is 14.1. The topological polar surface area (TPSA) is 29.5 Å². The van der Waals surface area contributed by atoms with E-state index in [1.807, 2.05) is 24.0 Å². The smallest absolute Gasteiger partial charge is 0.223 e. The Hall–Kier alpha value is -3.12. The Balaban J connectivity index is 1.52. The molecule has 178 valence electrons. The third kappa shape index (κ3) is 4.87. The van der Waals surface area contributed by atoms with Crippen LogP contribution in [0.25, 0.3) is 11.1 Å². The molecule has 1 aliphatic heterocycles. The lowest BCUT2D eigenvalue weighted by Gasteiger charge is -2.44. The standard InChI is InChI=1S/C28H28F3NO2/c1-19(20-3-5-21(6-4-20)25-12-11-24(30)17-26(25)31)32-15-13-28(14-16-34-2,18-27(32)33)22-7-9-23(29)10-8-22/h3-12,17,19H,13-16,18H2,1-2H3/t19-,28+/m1/s1. The van der Waals surface area contributed by atoms with E-state index < -0.39 is 11.6 Å². The molecule has 0 aromatic heterocycles. The third-order valence-corrected chi connectivity index (χ3v) is 6.99. The summed E-state index contributed by atoms with van der Waals surface area (Å²) in [5.74, 6) is -1.49. The molecule has 34 heavy (non-hydrogen) atoms. The molecular weight excluding hydrogens is 439 g/mol. The number of halogens is 3. The molecule has 0 saturated carbocycles. The van der Waals surface area contributed by atoms with Gasteiger partial charge in [0.2, 0.25) is 5.91 Å². The number of methoxy groups -OCH3 is 1. The van der Waals surface area contributed by atoms with Gasteiger partial charge in [-0.25, -0.2) is 13.2 Å². The van der Waals surface area contributed by atoms with E-state index in [-0.39, 0.29) is 23.2 Å². The molecular formula is C28H28F3NO2. The molecule has 1 amide bonds. The highest BCUT2D eigenvalue weighted by Gasteiger charge is 2.41. The Morgan fingerprint density at radius 3 is 2.26 bits per heavy atom. The fourth-order valence-corrected chi connectivity index (χ4v) is 4.90. The summed E-state index contributed by atoms with van der Waals surface area (Å²) >= 11 is 0. The van der Waals surface area contributed by atoms with Gasteiger partial charge in [0.1, 0.15) is 17.5 Å². The van der Waals surface area contributed by atoms with Crippen molar-refractivity contribution in [1.29, 1.82) is 0 Å². The van der Waals surface area contributed by atoms with E-state index in [2.05, 4.69) is 0 Å². The van der Waals surface area contributed by atoms with Crippen molar-refractivity contribution in [3.63, 3.8) is 0 Å². The van der Waals surface area contributed by atoms with Gasteiger partial charge in [-0.1, -0.05) is 36.4 Å². The summed E-state index contributed by atoms with van der Waals surface area (Å²) in [6, 6.07) is 17.1. The minimum Gasteiger partial charge on any atom is -0.385 e. The Morgan fingerprint density at radius 1 is 0.971 bits per heavy atom. The van der Waals surface area contributed by atoms with Crippen LogP contribution in [0.1, 0.15) is 43.4 Å². The number of ether oxygens (including phenoxy) is 1. The predicted molar refractivity (Wildman–Crippen MR) is 126 cm³/mol. The molecule has 0 radical (unpaired) electrons. The van der Waals surface area contributed by atoms with Crippen LogP contribution in [0.15, 0.2) is 66.7 Å². The van der Waals surface area contributed by atoms with Gasteiger partial charge in [-0.3, -0.25) is 4.79 Å². The first-order valence-corrected chi connectivity index (χ1v) is 11.4. The molecule has 1 saturated heterocycles. The number of hydrogen-bond acceptors (Lipinski definition) is 2. The van der Waals surface area contributed by atoms with E-state index in [0.29, 0.717) is 37.1 Å². The monoisotopic (exact) mass is 467 g/mol. The van der Waals surface area contributed by atoms with Gasteiger partial charge in [-0.2, -0.15) is 0 Å². The second kappa shape index (κ2) is 10.0. The molecule has 0 bridgehead atoms. The number of nitrogens with zero attached hydrogens (tertiary/aromatic N) is 1. The second-order valence-corrected chi connectivity index (χ2v) is 8.97. The van der Waals surface area contributed by atoms with Crippen LogP contribution in [-0.4, -0.2) is 31.1 Å². The zero-order valence-corrected chi connectivity index (χ0v) is 19.4. The van der Waals surface area contributed by atoms with Crippen molar-refractivity contribution in [2.75, 3.05) is 20.3 Å². The van der Waals surface area contributed by atoms with Crippen LogP contribution in [0.3, 0.4) is 0 Å². The average Bonchev–Trinajstić information content (AvgIpc) is 2.83. The zero-order valence-electron chi connectivity index (χ0n) is 19.4. The van der Waals surface area contributed by atoms with E-state index in [4.69, 9.17) is 4.74 Å². The van der Waals surface area contributed by atoms with Gasteiger partial charge in [0.05, 0.1) is 6.04 Å². The van der Waals surface area contributed by atoms with E-state index in [1.165, 1.54) is 24.3 Å². The maximum Gasteiger partial charge on any atom is 0.223 e. The van der Waals surface area contributed by atoms with Gasteiger partial charge < -0.3 is 9.64 Å². The first-order chi connectivity index (χ1) is 16.3. The number of likely N-dealkylation sites (tertiary alicyclic amines) is 1.